The number of thioether (sulfide) groups is 1. The highest BCUT2D eigenvalue weighted by molar-refractivity contribution is 7.98. The Morgan fingerprint density at radius 3 is 2.17 bits per heavy atom. The number of amides is 2. The minimum absolute atomic E-state index is 0.0257. The molecule has 0 radical (unpaired) electrons. The number of sulfone groups is 1. The summed E-state index contributed by atoms with van der Waals surface area (Å²) < 4.78 is 34.8. The molecule has 3 aromatic carbocycles. The van der Waals surface area contributed by atoms with Crippen molar-refractivity contribution in [1.82, 2.24) is 10.6 Å². The molecule has 0 aliphatic carbocycles. The molecular formula is C38H49N3O9S2. The molecular weight excluding hydrogens is 707 g/mol. The van der Waals surface area contributed by atoms with Gasteiger partial charge in [-0.05, 0) is 61.9 Å². The van der Waals surface area contributed by atoms with Crippen LogP contribution in [0.15, 0.2) is 76.5 Å². The van der Waals surface area contributed by atoms with Gasteiger partial charge in [0.1, 0.15) is 17.5 Å². The molecule has 0 aromatic heterocycles. The van der Waals surface area contributed by atoms with Crippen LogP contribution in [0.3, 0.4) is 0 Å². The van der Waals surface area contributed by atoms with Gasteiger partial charge in [-0.15, -0.1) is 11.8 Å². The average molecular weight is 756 g/mol. The van der Waals surface area contributed by atoms with Crippen molar-refractivity contribution in [3.8, 4) is 11.5 Å². The first-order valence-corrected chi connectivity index (χ1v) is 20.3. The lowest BCUT2D eigenvalue weighted by atomic mass is 9.79. The first kappa shape index (κ1) is 40.5. The molecule has 2 amide bonds. The lowest BCUT2D eigenvalue weighted by Crippen LogP contribution is -2.52. The number of hydrogen-bond acceptors (Lipinski definition) is 10. The van der Waals surface area contributed by atoms with E-state index in [1.807, 2.05) is 36.6 Å². The number of ether oxygens (including phenoxy) is 1. The van der Waals surface area contributed by atoms with Gasteiger partial charge >= 0.3 is 5.97 Å². The molecule has 3 atom stereocenters. The van der Waals surface area contributed by atoms with Gasteiger partial charge in [-0.3, -0.25) is 9.59 Å². The summed E-state index contributed by atoms with van der Waals surface area (Å²) in [5, 5.41) is 33.9. The number of carboxylic acids is 1. The fraction of sp³-hybridized carbons (Fsp3) is 0.447. The number of hydrogen-bond donors (Lipinski definition) is 5. The van der Waals surface area contributed by atoms with E-state index in [2.05, 4.69) is 29.4 Å². The van der Waals surface area contributed by atoms with Crippen LogP contribution in [0, 0.1) is 5.41 Å². The average Bonchev–Trinajstić information content (AvgIpc) is 3.21. The van der Waals surface area contributed by atoms with E-state index in [1.165, 1.54) is 49.0 Å². The van der Waals surface area contributed by atoms with Crippen LogP contribution in [0.2, 0.25) is 0 Å². The van der Waals surface area contributed by atoms with Gasteiger partial charge in [-0.25, -0.2) is 13.2 Å². The Labute approximate surface area is 309 Å². The number of rotatable bonds is 17. The molecule has 0 saturated heterocycles. The number of benzene rings is 3. The van der Waals surface area contributed by atoms with Crippen LogP contribution in [0.5, 0.6) is 11.5 Å². The van der Waals surface area contributed by atoms with Crippen LogP contribution in [-0.4, -0.2) is 78.8 Å². The van der Waals surface area contributed by atoms with Gasteiger partial charge in [-0.2, -0.15) is 0 Å². The Kier molecular flexibility index (Phi) is 14.0. The van der Waals surface area contributed by atoms with Crippen molar-refractivity contribution in [3.63, 3.8) is 0 Å². The quantitative estimate of drug-likeness (QED) is 0.108. The van der Waals surface area contributed by atoms with Gasteiger partial charge in [0.25, 0.3) is 5.91 Å². The molecule has 1 heterocycles. The number of aliphatic hydroxyl groups is 1. The maximum atomic E-state index is 14.4. The molecule has 1 unspecified atom stereocenters. The summed E-state index contributed by atoms with van der Waals surface area (Å²) in [4.78, 5) is 41.1. The Hall–Kier alpha value is -4.27. The van der Waals surface area contributed by atoms with E-state index in [-0.39, 0.29) is 27.7 Å². The highest BCUT2D eigenvalue weighted by atomic mass is 32.2. The summed E-state index contributed by atoms with van der Waals surface area (Å²) in [7, 11) is -3.84. The van der Waals surface area contributed by atoms with Gasteiger partial charge in [0.15, 0.2) is 22.5 Å². The summed E-state index contributed by atoms with van der Waals surface area (Å²) in [5.41, 5.74) is 1.15. The number of carbonyl (C=O) groups is 3. The van der Waals surface area contributed by atoms with Crippen molar-refractivity contribution in [2.45, 2.75) is 87.3 Å². The minimum Gasteiger partial charge on any atom is -0.508 e. The Morgan fingerprint density at radius 1 is 0.981 bits per heavy atom. The summed E-state index contributed by atoms with van der Waals surface area (Å²) in [6, 6.07) is 15.3. The van der Waals surface area contributed by atoms with Crippen LogP contribution in [0.25, 0.3) is 0 Å². The predicted molar refractivity (Wildman–Crippen MR) is 201 cm³/mol. The predicted octanol–water partition coefficient (Wildman–Crippen LogP) is 5.59. The molecule has 52 heavy (non-hydrogen) atoms. The summed E-state index contributed by atoms with van der Waals surface area (Å²) in [6.45, 7) is 5.34. The topological polar surface area (TPSA) is 183 Å². The number of aromatic hydroxyl groups is 1. The number of nitrogens with one attached hydrogen (secondary N) is 2. The van der Waals surface area contributed by atoms with Crippen LogP contribution >= 0.6 is 11.8 Å². The number of carbonyl (C=O) groups excluding carboxylic acids is 2. The van der Waals surface area contributed by atoms with E-state index in [1.54, 1.807) is 6.07 Å². The number of carboxylic acid groups (broad SMARTS) is 1. The van der Waals surface area contributed by atoms with Crippen molar-refractivity contribution < 1.29 is 42.9 Å². The third-order valence-electron chi connectivity index (χ3n) is 9.25. The number of para-hydroxylation sites is 1. The lowest BCUT2D eigenvalue weighted by Gasteiger charge is -2.37. The van der Waals surface area contributed by atoms with Crippen molar-refractivity contribution in [2.75, 3.05) is 30.1 Å². The van der Waals surface area contributed by atoms with Crippen LogP contribution in [0.1, 0.15) is 70.9 Å². The molecule has 14 heteroatoms. The monoisotopic (exact) mass is 755 g/mol. The summed E-state index contributed by atoms with van der Waals surface area (Å²) in [6.07, 6.45) is 5.60. The van der Waals surface area contributed by atoms with Crippen molar-refractivity contribution in [3.05, 3.63) is 72.3 Å². The number of phenolic OH excluding ortho intramolecular Hbond substituents is 1. The number of phenols is 1. The SMILES string of the molecule is CCCCC1(CCCC)CN(c2ccccc2)c2cc(SC)c(OCC(=O)N[C@@H](C(=O)NC(C(=O)O)[C@H](C)O)c3ccc(O)cc3)cc2S(=O)(=O)C1. The van der Waals surface area contributed by atoms with Crippen molar-refractivity contribution in [2.24, 2.45) is 5.41 Å². The van der Waals surface area contributed by atoms with Gasteiger partial charge in [0.05, 0.1) is 27.3 Å². The third kappa shape index (κ3) is 9.98. The molecule has 3 aromatic rings. The van der Waals surface area contributed by atoms with Crippen molar-refractivity contribution >= 4 is 50.8 Å². The number of unbranched alkanes of at least 4 members (excludes halogenated alkanes) is 2. The smallest absolute Gasteiger partial charge is 0.328 e. The van der Waals surface area contributed by atoms with Gasteiger partial charge in [0.2, 0.25) is 5.91 Å². The van der Waals surface area contributed by atoms with E-state index in [9.17, 15) is 38.1 Å². The fourth-order valence-electron chi connectivity index (χ4n) is 6.52. The molecule has 5 N–H and O–H groups in total. The minimum atomic E-state index is -3.84. The second-order valence-corrected chi connectivity index (χ2v) is 16.1. The number of aliphatic hydroxyl groups excluding tert-OH is 1. The van der Waals surface area contributed by atoms with Crippen LogP contribution in [-0.2, 0) is 24.2 Å². The lowest BCUT2D eigenvalue weighted by molar-refractivity contribution is -0.145. The summed E-state index contributed by atoms with van der Waals surface area (Å²) in [5.74, 6) is -3.08. The molecule has 0 spiro atoms. The molecule has 0 saturated carbocycles. The van der Waals surface area contributed by atoms with Crippen LogP contribution < -0.4 is 20.3 Å². The molecule has 4 rings (SSSR count). The highest BCUT2D eigenvalue weighted by Gasteiger charge is 2.42. The largest absolute Gasteiger partial charge is 0.508 e. The standard InChI is InChI=1S/C38H49N3O9S2/c1-5-7-18-38(19-8-6-2)23-41(27-12-10-9-11-13-27)29-20-31(51-4)30(21-32(29)52(48,49)24-38)50-22-33(44)39-35(26-14-16-28(43)17-15-26)36(45)40-34(25(3)42)37(46)47/h9-17,20-21,25,34-35,42-43H,5-8,18-19,22-24H2,1-4H3,(H,39,44)(H,40,45)(H,46,47)/t25-,34?,35+/m0/s1. The zero-order chi connectivity index (χ0) is 38.1. The normalized spacial score (nSPS) is 16.4. The first-order valence-electron chi connectivity index (χ1n) is 17.4. The zero-order valence-electron chi connectivity index (χ0n) is 30.0. The number of fused-ring (bicyclic) bond motifs is 1. The van der Waals surface area contributed by atoms with E-state index in [4.69, 9.17) is 4.74 Å². The zero-order valence-corrected chi connectivity index (χ0v) is 31.6. The Bertz CT molecular complexity index is 1790. The number of anilines is 2. The van der Waals surface area contributed by atoms with Gasteiger partial charge < -0.3 is 35.6 Å². The Morgan fingerprint density at radius 2 is 1.62 bits per heavy atom. The molecule has 0 bridgehead atoms. The maximum Gasteiger partial charge on any atom is 0.328 e. The highest BCUT2D eigenvalue weighted by Crippen LogP contribution is 2.47. The molecule has 12 nitrogen and oxygen atoms in total. The Balaban J connectivity index is 1.69. The van der Waals surface area contributed by atoms with E-state index in [0.717, 1.165) is 44.2 Å². The fourth-order valence-corrected chi connectivity index (χ4v) is 9.18. The number of nitrogens with zero attached hydrogens (tertiary/aromatic N) is 1. The maximum absolute atomic E-state index is 14.4. The molecule has 282 valence electrons. The van der Waals surface area contributed by atoms with E-state index >= 15 is 0 Å². The number of aliphatic carboxylic acids is 1. The van der Waals surface area contributed by atoms with E-state index < -0.39 is 57.8 Å². The first-order chi connectivity index (χ1) is 24.7. The second-order valence-electron chi connectivity index (χ2n) is 13.3. The molecule has 0 fully saturated rings. The van der Waals surface area contributed by atoms with Gasteiger partial charge in [0, 0.05) is 23.7 Å². The van der Waals surface area contributed by atoms with E-state index in [0.29, 0.717) is 17.1 Å². The van der Waals surface area contributed by atoms with Crippen molar-refractivity contribution in [1.29, 1.82) is 0 Å². The second kappa shape index (κ2) is 18.0. The molecule has 1 aliphatic heterocycles. The van der Waals surface area contributed by atoms with Gasteiger partial charge in [-0.1, -0.05) is 69.9 Å². The summed E-state index contributed by atoms with van der Waals surface area (Å²) >= 11 is 1.34. The third-order valence-corrected chi connectivity index (χ3v) is 12.0. The van der Waals surface area contributed by atoms with Crippen LogP contribution in [0.4, 0.5) is 11.4 Å². The molecule has 1 aliphatic rings.